The maximum Gasteiger partial charge on any atom is 0.128 e. The van der Waals surface area contributed by atoms with Gasteiger partial charge < -0.3 is 10.5 Å². The van der Waals surface area contributed by atoms with Gasteiger partial charge in [-0.2, -0.15) is 0 Å². The van der Waals surface area contributed by atoms with Crippen LogP contribution in [-0.4, -0.2) is 17.7 Å². The predicted octanol–water partition coefficient (Wildman–Crippen LogP) is 2.15. The molecule has 1 unspecified atom stereocenters. The number of nitrogens with one attached hydrogen (secondary N) is 1. The summed E-state index contributed by atoms with van der Waals surface area (Å²) < 4.78 is 5.91. The second-order valence-electron chi connectivity index (χ2n) is 6.51. The first kappa shape index (κ1) is 15.2. The predicted molar refractivity (Wildman–Crippen MR) is 80.7 cm³/mol. The maximum absolute atomic E-state index is 6.01. The van der Waals surface area contributed by atoms with Gasteiger partial charge in [-0.1, -0.05) is 19.9 Å². The number of aromatic nitrogens is 1. The summed E-state index contributed by atoms with van der Waals surface area (Å²) in [5.41, 5.74) is 9.87. The van der Waals surface area contributed by atoms with Gasteiger partial charge in [-0.05, 0) is 37.2 Å². The monoisotopic (exact) mass is 278 g/mol. The second-order valence-corrected chi connectivity index (χ2v) is 6.51. The van der Waals surface area contributed by atoms with E-state index >= 15 is 0 Å². The lowest BCUT2D eigenvalue weighted by atomic mass is 9.67. The van der Waals surface area contributed by atoms with Crippen molar-refractivity contribution in [1.29, 1.82) is 0 Å². The Bertz CT molecular complexity index is 451. The number of nitrogen functional groups attached to an aromatic ring is 1. The molecule has 0 bridgehead atoms. The summed E-state index contributed by atoms with van der Waals surface area (Å²) in [5, 5.41) is 0. The minimum absolute atomic E-state index is 0.141. The molecule has 0 spiro atoms. The third-order valence-corrected chi connectivity index (χ3v) is 4.73. The highest BCUT2D eigenvalue weighted by atomic mass is 16.5. The fourth-order valence-corrected chi connectivity index (χ4v) is 3.16. The molecule has 1 saturated carbocycles. The van der Waals surface area contributed by atoms with Crippen LogP contribution in [0.5, 0.6) is 0 Å². The topological polar surface area (TPSA) is 86.2 Å². The lowest BCUT2D eigenvalue weighted by Gasteiger charge is -2.47. The summed E-state index contributed by atoms with van der Waals surface area (Å²) in [7, 11) is 1.76. The average molecular weight is 278 g/mol. The number of nitrogens with zero attached hydrogens (tertiary/aromatic N) is 1. The van der Waals surface area contributed by atoms with Crippen molar-refractivity contribution in [2.24, 2.45) is 11.3 Å². The van der Waals surface area contributed by atoms with Gasteiger partial charge in [0.25, 0.3) is 0 Å². The molecule has 20 heavy (non-hydrogen) atoms. The van der Waals surface area contributed by atoms with Crippen LogP contribution >= 0.6 is 0 Å². The first-order chi connectivity index (χ1) is 9.44. The molecule has 1 fully saturated rings. The van der Waals surface area contributed by atoms with Gasteiger partial charge >= 0.3 is 0 Å². The number of ether oxygens (including phenoxy) is 1. The van der Waals surface area contributed by atoms with E-state index in [1.165, 1.54) is 0 Å². The maximum atomic E-state index is 6.01. The van der Waals surface area contributed by atoms with Gasteiger partial charge in [0.1, 0.15) is 5.82 Å². The number of hydrazine groups is 1. The highest BCUT2D eigenvalue weighted by molar-refractivity contribution is 5.42. The molecule has 0 amide bonds. The summed E-state index contributed by atoms with van der Waals surface area (Å²) in [6, 6.07) is 3.71. The van der Waals surface area contributed by atoms with Crippen LogP contribution in [0, 0.1) is 5.41 Å². The second kappa shape index (κ2) is 5.68. The van der Waals surface area contributed by atoms with E-state index in [1.54, 1.807) is 13.3 Å². The zero-order valence-electron chi connectivity index (χ0n) is 12.6. The Labute approximate surface area is 121 Å². The van der Waals surface area contributed by atoms with Crippen molar-refractivity contribution in [2.75, 3.05) is 12.8 Å². The van der Waals surface area contributed by atoms with Gasteiger partial charge in [0, 0.05) is 18.9 Å². The van der Waals surface area contributed by atoms with E-state index < -0.39 is 0 Å². The standard InChI is InChI=1S/C15H26N4O/c1-14(2)6-8-15(20-3,9-7-14)12(19-17)11-5-4-10-18-13(11)16/h4-5,10,12,19H,6-9,17H2,1-3H3,(H2,16,18). The number of nitrogens with two attached hydrogens (primary N) is 2. The average Bonchev–Trinajstić information content (AvgIpc) is 2.44. The fraction of sp³-hybridized carbons (Fsp3) is 0.667. The molecule has 2 rings (SSSR count). The van der Waals surface area contributed by atoms with Crippen molar-refractivity contribution in [3.05, 3.63) is 23.9 Å². The molecule has 112 valence electrons. The Balaban J connectivity index is 2.32. The molecule has 1 aliphatic rings. The zero-order valence-corrected chi connectivity index (χ0v) is 12.6. The van der Waals surface area contributed by atoms with Gasteiger partial charge in [0.05, 0.1) is 11.6 Å². The highest BCUT2D eigenvalue weighted by Crippen LogP contribution is 2.47. The highest BCUT2D eigenvalue weighted by Gasteiger charge is 2.45. The summed E-state index contributed by atoms with van der Waals surface area (Å²) in [4.78, 5) is 4.16. The van der Waals surface area contributed by atoms with E-state index in [1.807, 2.05) is 12.1 Å². The SMILES string of the molecule is COC1(C(NN)c2cccnc2N)CCC(C)(C)CC1. The third kappa shape index (κ3) is 2.80. The molecule has 1 aromatic rings. The van der Waals surface area contributed by atoms with E-state index in [2.05, 4.69) is 24.3 Å². The van der Waals surface area contributed by atoms with E-state index in [9.17, 15) is 0 Å². The summed E-state index contributed by atoms with van der Waals surface area (Å²) in [6.45, 7) is 4.60. The molecule has 5 heteroatoms. The Morgan fingerprint density at radius 3 is 2.45 bits per heavy atom. The van der Waals surface area contributed by atoms with E-state index in [0.29, 0.717) is 11.2 Å². The molecule has 1 heterocycles. The smallest absolute Gasteiger partial charge is 0.128 e. The van der Waals surface area contributed by atoms with Crippen LogP contribution in [0.15, 0.2) is 18.3 Å². The van der Waals surface area contributed by atoms with Gasteiger partial charge in [0.2, 0.25) is 0 Å². The lowest BCUT2D eigenvalue weighted by molar-refractivity contribution is -0.0876. The minimum Gasteiger partial charge on any atom is -0.383 e. The molecular formula is C15H26N4O. The van der Waals surface area contributed by atoms with Gasteiger partial charge in [0.15, 0.2) is 0 Å². The first-order valence-corrected chi connectivity index (χ1v) is 7.16. The van der Waals surface area contributed by atoms with Crippen molar-refractivity contribution in [3.63, 3.8) is 0 Å². The van der Waals surface area contributed by atoms with E-state index in [4.69, 9.17) is 16.3 Å². The van der Waals surface area contributed by atoms with Gasteiger partial charge in [-0.25, -0.2) is 10.4 Å². The van der Waals surface area contributed by atoms with Crippen molar-refractivity contribution >= 4 is 5.82 Å². The Kier molecular flexibility index (Phi) is 4.32. The Hall–Kier alpha value is -1.17. The number of rotatable bonds is 4. The molecule has 5 N–H and O–H groups in total. The van der Waals surface area contributed by atoms with Crippen molar-refractivity contribution in [1.82, 2.24) is 10.4 Å². The van der Waals surface area contributed by atoms with Gasteiger partial charge in [-0.15, -0.1) is 0 Å². The molecule has 5 nitrogen and oxygen atoms in total. The molecule has 0 aromatic carbocycles. The van der Waals surface area contributed by atoms with E-state index in [-0.39, 0.29) is 11.6 Å². The fourth-order valence-electron chi connectivity index (χ4n) is 3.16. The van der Waals surface area contributed by atoms with Crippen LogP contribution < -0.4 is 17.0 Å². The minimum atomic E-state index is -0.318. The number of hydrogen-bond acceptors (Lipinski definition) is 5. The van der Waals surface area contributed by atoms with Crippen LogP contribution in [0.25, 0.3) is 0 Å². The van der Waals surface area contributed by atoms with Crippen LogP contribution in [0.3, 0.4) is 0 Å². The lowest BCUT2D eigenvalue weighted by Crippen LogP contribution is -2.51. The number of pyridine rings is 1. The normalized spacial score (nSPS) is 22.4. The first-order valence-electron chi connectivity index (χ1n) is 7.16. The van der Waals surface area contributed by atoms with Crippen LogP contribution in [0.2, 0.25) is 0 Å². The molecule has 1 aliphatic carbocycles. The third-order valence-electron chi connectivity index (χ3n) is 4.73. The number of methoxy groups -OCH3 is 1. The van der Waals surface area contributed by atoms with Crippen LogP contribution in [-0.2, 0) is 4.74 Å². The summed E-state index contributed by atoms with van der Waals surface area (Å²) >= 11 is 0. The molecule has 1 aromatic heterocycles. The molecule has 0 saturated heterocycles. The Morgan fingerprint density at radius 2 is 1.95 bits per heavy atom. The summed E-state index contributed by atoms with van der Waals surface area (Å²) in [6.07, 6.45) is 5.83. The molecule has 0 aliphatic heterocycles. The van der Waals surface area contributed by atoms with E-state index in [0.717, 1.165) is 31.2 Å². The quantitative estimate of drug-likeness (QED) is 0.580. The molecule has 1 atom stereocenters. The van der Waals surface area contributed by atoms with Gasteiger partial charge in [-0.3, -0.25) is 5.84 Å². The van der Waals surface area contributed by atoms with Crippen molar-refractivity contribution < 1.29 is 4.74 Å². The summed E-state index contributed by atoms with van der Waals surface area (Å²) in [5.74, 6) is 6.33. The Morgan fingerprint density at radius 1 is 1.30 bits per heavy atom. The zero-order chi connectivity index (χ0) is 14.8. The van der Waals surface area contributed by atoms with Crippen LogP contribution in [0.4, 0.5) is 5.82 Å². The molecule has 0 radical (unpaired) electrons. The number of anilines is 1. The van der Waals surface area contributed by atoms with Crippen LogP contribution in [0.1, 0.15) is 51.1 Å². The largest absolute Gasteiger partial charge is 0.383 e. The number of hydrogen-bond donors (Lipinski definition) is 3. The van der Waals surface area contributed by atoms with Crippen molar-refractivity contribution in [2.45, 2.75) is 51.2 Å². The van der Waals surface area contributed by atoms with Crippen molar-refractivity contribution in [3.8, 4) is 0 Å². The molecular weight excluding hydrogens is 252 g/mol.